The molecule has 3 amide bonds. The van der Waals surface area contributed by atoms with Gasteiger partial charge in [-0.05, 0) is 19.4 Å². The van der Waals surface area contributed by atoms with Crippen molar-refractivity contribution >= 4 is 11.9 Å². The van der Waals surface area contributed by atoms with Crippen LogP contribution in [0.1, 0.15) is 23.6 Å². The molecule has 1 aromatic heterocycles. The average Bonchev–Trinajstić information content (AvgIpc) is 2.70. The largest absolute Gasteiger partial charge is 0.433 e. The number of hydrogen-bond donors (Lipinski definition) is 2. The molecule has 0 aromatic carbocycles. The molecule has 2 heterocycles. The predicted molar refractivity (Wildman–Crippen MR) is 78.1 cm³/mol. The zero-order valence-electron chi connectivity index (χ0n) is 13.1. The van der Waals surface area contributed by atoms with Gasteiger partial charge in [-0.25, -0.2) is 14.8 Å². The molecule has 0 saturated carbocycles. The van der Waals surface area contributed by atoms with Gasteiger partial charge in [-0.1, -0.05) is 0 Å². The highest BCUT2D eigenvalue weighted by molar-refractivity contribution is 5.84. The molecule has 1 aliphatic rings. The Hall–Kier alpha value is -2.39. The zero-order chi connectivity index (χ0) is 17.7. The van der Waals surface area contributed by atoms with Gasteiger partial charge in [-0.15, -0.1) is 0 Å². The highest BCUT2D eigenvalue weighted by atomic mass is 19.4. The third-order valence-corrected chi connectivity index (χ3v) is 3.36. The van der Waals surface area contributed by atoms with Crippen LogP contribution in [-0.4, -0.2) is 53.0 Å². The van der Waals surface area contributed by atoms with Crippen LogP contribution in [0.4, 0.5) is 18.0 Å². The van der Waals surface area contributed by atoms with E-state index in [1.807, 2.05) is 0 Å². The van der Waals surface area contributed by atoms with Crippen LogP contribution in [-0.2, 0) is 17.4 Å². The fourth-order valence-corrected chi connectivity index (χ4v) is 2.26. The van der Waals surface area contributed by atoms with Gasteiger partial charge in [-0.3, -0.25) is 4.79 Å². The molecular weight excluding hydrogens is 327 g/mol. The number of rotatable bonds is 3. The first kappa shape index (κ1) is 18.0. The summed E-state index contributed by atoms with van der Waals surface area (Å²) in [5, 5.41) is 5.22. The molecule has 0 unspecified atom stereocenters. The van der Waals surface area contributed by atoms with E-state index in [1.54, 1.807) is 0 Å². The number of urea groups is 1. The van der Waals surface area contributed by atoms with Crippen molar-refractivity contribution in [3.63, 3.8) is 0 Å². The number of nitrogens with zero attached hydrogens (tertiary/aromatic N) is 3. The molecule has 1 saturated heterocycles. The van der Waals surface area contributed by atoms with E-state index in [0.717, 1.165) is 6.07 Å². The lowest BCUT2D eigenvalue weighted by atomic mass is 10.3. The van der Waals surface area contributed by atoms with Crippen LogP contribution in [0.2, 0.25) is 0 Å². The van der Waals surface area contributed by atoms with Crippen LogP contribution in [0.15, 0.2) is 6.07 Å². The van der Waals surface area contributed by atoms with Crippen molar-refractivity contribution in [3.05, 3.63) is 23.3 Å². The molecule has 0 bridgehead atoms. The molecule has 2 N–H and O–H groups in total. The Labute approximate surface area is 136 Å². The second-order valence-corrected chi connectivity index (χ2v) is 5.42. The van der Waals surface area contributed by atoms with Gasteiger partial charge in [0.05, 0.1) is 0 Å². The molecule has 132 valence electrons. The quantitative estimate of drug-likeness (QED) is 0.851. The monoisotopic (exact) mass is 345 g/mol. The molecule has 1 aromatic rings. The lowest BCUT2D eigenvalue weighted by Gasteiger charge is -2.19. The van der Waals surface area contributed by atoms with E-state index in [-0.39, 0.29) is 36.9 Å². The van der Waals surface area contributed by atoms with Crippen LogP contribution in [0.3, 0.4) is 0 Å². The summed E-state index contributed by atoms with van der Waals surface area (Å²) in [6.07, 6.45) is -3.82. The highest BCUT2D eigenvalue weighted by Crippen LogP contribution is 2.27. The second-order valence-electron chi connectivity index (χ2n) is 5.42. The van der Waals surface area contributed by atoms with Gasteiger partial charge < -0.3 is 15.5 Å². The van der Waals surface area contributed by atoms with Gasteiger partial charge >= 0.3 is 12.2 Å². The number of alkyl halides is 3. The van der Waals surface area contributed by atoms with Crippen molar-refractivity contribution in [2.24, 2.45) is 0 Å². The minimum atomic E-state index is -4.54. The van der Waals surface area contributed by atoms with Crippen LogP contribution >= 0.6 is 0 Å². The minimum Gasteiger partial charge on any atom is -0.354 e. The summed E-state index contributed by atoms with van der Waals surface area (Å²) >= 11 is 0. The standard InChI is InChI=1S/C14H18F3N5O2/c1-9-7-10(14(15,16)17)21-11(20-9)3-5-19-13(24)22-6-2-4-18-12(23)8-22/h7H,2-6,8H2,1H3,(H,18,23)(H,19,24). The van der Waals surface area contributed by atoms with E-state index in [1.165, 1.54) is 11.8 Å². The first-order valence-electron chi connectivity index (χ1n) is 7.47. The normalized spacial score (nSPS) is 15.7. The van der Waals surface area contributed by atoms with E-state index in [2.05, 4.69) is 20.6 Å². The summed E-state index contributed by atoms with van der Waals surface area (Å²) in [5.74, 6) is -0.226. The number of hydrogen-bond acceptors (Lipinski definition) is 4. The Balaban J connectivity index is 1.90. The molecule has 0 atom stereocenters. The fourth-order valence-electron chi connectivity index (χ4n) is 2.26. The molecule has 0 aliphatic carbocycles. The maximum Gasteiger partial charge on any atom is 0.433 e. The number of aromatic nitrogens is 2. The molecule has 1 fully saturated rings. The van der Waals surface area contributed by atoms with Gasteiger partial charge in [0, 0.05) is 31.7 Å². The van der Waals surface area contributed by atoms with Crippen LogP contribution < -0.4 is 10.6 Å². The van der Waals surface area contributed by atoms with Crippen molar-refractivity contribution in [2.45, 2.75) is 25.9 Å². The van der Waals surface area contributed by atoms with E-state index in [0.29, 0.717) is 19.5 Å². The Bertz CT molecular complexity index is 621. The Morgan fingerprint density at radius 3 is 2.88 bits per heavy atom. The number of halogens is 3. The lowest BCUT2D eigenvalue weighted by molar-refractivity contribution is -0.141. The van der Waals surface area contributed by atoms with Gasteiger partial charge in [0.25, 0.3) is 0 Å². The number of carbonyl (C=O) groups excluding carboxylic acids is 2. The number of amides is 3. The molecule has 0 radical (unpaired) electrons. The van der Waals surface area contributed by atoms with Gasteiger partial charge in [0.1, 0.15) is 18.1 Å². The summed E-state index contributed by atoms with van der Waals surface area (Å²) in [6.45, 7) is 2.45. The van der Waals surface area contributed by atoms with Crippen LogP contribution in [0.25, 0.3) is 0 Å². The van der Waals surface area contributed by atoms with E-state index in [9.17, 15) is 22.8 Å². The Morgan fingerprint density at radius 1 is 1.42 bits per heavy atom. The average molecular weight is 345 g/mol. The molecule has 10 heteroatoms. The zero-order valence-corrected chi connectivity index (χ0v) is 13.1. The lowest BCUT2D eigenvalue weighted by Crippen LogP contribution is -2.44. The summed E-state index contributed by atoms with van der Waals surface area (Å²) in [6, 6.07) is 0.438. The van der Waals surface area contributed by atoms with E-state index < -0.39 is 17.9 Å². The van der Waals surface area contributed by atoms with Gasteiger partial charge in [0.15, 0.2) is 0 Å². The van der Waals surface area contributed by atoms with Crippen molar-refractivity contribution in [1.29, 1.82) is 0 Å². The minimum absolute atomic E-state index is 0.0104. The first-order valence-corrected chi connectivity index (χ1v) is 7.47. The van der Waals surface area contributed by atoms with Crippen LogP contribution in [0, 0.1) is 6.92 Å². The molecule has 1 aliphatic heterocycles. The number of aryl methyl sites for hydroxylation is 1. The van der Waals surface area contributed by atoms with E-state index in [4.69, 9.17) is 0 Å². The number of carbonyl (C=O) groups is 2. The summed E-state index contributed by atoms with van der Waals surface area (Å²) in [4.78, 5) is 32.2. The first-order chi connectivity index (χ1) is 11.3. The molecule has 7 nitrogen and oxygen atoms in total. The Kier molecular flexibility index (Phi) is 5.58. The molecular formula is C14H18F3N5O2. The summed E-state index contributed by atoms with van der Waals surface area (Å²) < 4.78 is 38.1. The topological polar surface area (TPSA) is 87.2 Å². The van der Waals surface area contributed by atoms with Crippen molar-refractivity contribution in [1.82, 2.24) is 25.5 Å². The maximum atomic E-state index is 12.7. The molecule has 2 rings (SSSR count). The smallest absolute Gasteiger partial charge is 0.354 e. The highest BCUT2D eigenvalue weighted by Gasteiger charge is 2.33. The SMILES string of the molecule is Cc1cc(C(F)(F)F)nc(CCNC(=O)N2CCCNC(=O)C2)n1. The van der Waals surface area contributed by atoms with Crippen molar-refractivity contribution in [3.8, 4) is 0 Å². The summed E-state index contributed by atoms with van der Waals surface area (Å²) in [7, 11) is 0. The molecule has 24 heavy (non-hydrogen) atoms. The van der Waals surface area contributed by atoms with Crippen LogP contribution in [0.5, 0.6) is 0 Å². The molecule has 0 spiro atoms. The third-order valence-electron chi connectivity index (χ3n) is 3.36. The third kappa shape index (κ3) is 5.07. The van der Waals surface area contributed by atoms with Gasteiger partial charge in [-0.2, -0.15) is 13.2 Å². The summed E-state index contributed by atoms with van der Waals surface area (Å²) in [5.41, 5.74) is -0.789. The predicted octanol–water partition coefficient (Wildman–Crippen LogP) is 0.878. The second kappa shape index (κ2) is 7.45. The van der Waals surface area contributed by atoms with Gasteiger partial charge in [0.2, 0.25) is 5.91 Å². The number of nitrogens with one attached hydrogen (secondary N) is 2. The van der Waals surface area contributed by atoms with E-state index >= 15 is 0 Å². The maximum absolute atomic E-state index is 12.7. The fraction of sp³-hybridized carbons (Fsp3) is 0.571. The van der Waals surface area contributed by atoms with Crippen molar-refractivity contribution < 1.29 is 22.8 Å². The Morgan fingerprint density at radius 2 is 2.17 bits per heavy atom. The van der Waals surface area contributed by atoms with Crippen molar-refractivity contribution in [2.75, 3.05) is 26.2 Å².